The zero-order chi connectivity index (χ0) is 19.0. The van der Waals surface area contributed by atoms with E-state index in [1.54, 1.807) is 21.2 Å². The van der Waals surface area contributed by atoms with Gasteiger partial charge in [-0.2, -0.15) is 0 Å². The van der Waals surface area contributed by atoms with Gasteiger partial charge in [-0.1, -0.05) is 103 Å². The predicted octanol–water partition coefficient (Wildman–Crippen LogP) is 5.49. The summed E-state index contributed by atoms with van der Waals surface area (Å²) in [6.45, 7) is -1.71. The van der Waals surface area contributed by atoms with E-state index in [0.29, 0.717) is 0 Å². The highest BCUT2D eigenvalue weighted by Gasteiger charge is 2.47. The fourth-order valence-electron chi connectivity index (χ4n) is 5.29. The van der Waals surface area contributed by atoms with Gasteiger partial charge in [0.25, 0.3) is 0 Å². The van der Waals surface area contributed by atoms with E-state index >= 15 is 0 Å². The van der Waals surface area contributed by atoms with Crippen LogP contribution in [0.5, 0.6) is 0 Å². The lowest BCUT2D eigenvalue weighted by atomic mass is 10.1. The lowest BCUT2D eigenvalue weighted by molar-refractivity contribution is 1.69. The number of hydrogen-bond acceptors (Lipinski definition) is 0. The average Bonchev–Trinajstić information content (AvgIpc) is 3.21. The van der Waals surface area contributed by atoms with Gasteiger partial charge in [0.15, 0.2) is 0 Å². The molecule has 0 aliphatic carbocycles. The maximum atomic E-state index is 2.67. The van der Waals surface area contributed by atoms with Crippen LogP contribution in [0.25, 0.3) is 21.5 Å². The van der Waals surface area contributed by atoms with Gasteiger partial charge >= 0.3 is 0 Å². The number of hydrogen-bond donors (Lipinski definition) is 0. The molecule has 0 saturated carbocycles. The minimum atomic E-state index is -1.71. The van der Waals surface area contributed by atoms with Crippen molar-refractivity contribution in [1.82, 2.24) is 0 Å². The molecule has 0 amide bonds. The van der Waals surface area contributed by atoms with Crippen molar-refractivity contribution >= 4 is 62.7 Å². The lowest BCUT2D eigenvalue weighted by Crippen LogP contribution is -2.13. The molecule has 2 aliphatic rings. The first-order chi connectivity index (χ1) is 14.4. The predicted molar refractivity (Wildman–Crippen MR) is 132 cm³/mol. The summed E-state index contributed by atoms with van der Waals surface area (Å²) in [7, 11) is -0.436. The molecule has 2 heteroatoms. The van der Waals surface area contributed by atoms with E-state index in [4.69, 9.17) is 0 Å². The second-order valence-electron chi connectivity index (χ2n) is 7.84. The van der Waals surface area contributed by atoms with Crippen molar-refractivity contribution in [2.24, 2.45) is 0 Å². The van der Waals surface area contributed by atoms with Crippen molar-refractivity contribution in [2.75, 3.05) is 0 Å². The molecule has 7 rings (SSSR count). The van der Waals surface area contributed by atoms with Gasteiger partial charge in [0.2, 0.25) is 0 Å². The van der Waals surface area contributed by atoms with Gasteiger partial charge in [0, 0.05) is 0 Å². The molecule has 2 aliphatic heterocycles. The molecule has 0 saturated heterocycles. The van der Waals surface area contributed by atoms with E-state index in [9.17, 15) is 0 Å². The monoisotopic (exact) mass is 404 g/mol. The molecule has 5 aromatic rings. The Balaban J connectivity index is 1.74. The van der Waals surface area contributed by atoms with Crippen molar-refractivity contribution in [3.05, 3.63) is 109 Å². The minimum absolute atomic E-state index is 0.436. The van der Waals surface area contributed by atoms with Gasteiger partial charge in [0.1, 0.15) is 0 Å². The van der Waals surface area contributed by atoms with Crippen molar-refractivity contribution in [1.29, 1.82) is 0 Å². The quantitative estimate of drug-likeness (QED) is 0.324. The first-order valence-electron chi connectivity index (χ1n) is 10.0. The zero-order valence-corrected chi connectivity index (χ0v) is 17.6. The lowest BCUT2D eigenvalue weighted by Gasteiger charge is -2.26. The summed E-state index contributed by atoms with van der Waals surface area (Å²) >= 11 is 0. The second-order valence-corrected chi connectivity index (χ2v) is 15.1. The Hall–Kier alpha value is -2.65. The Labute approximate surface area is 171 Å². The molecule has 0 atom stereocenters. The molecular weight excluding hydrogens is 386 g/mol. The van der Waals surface area contributed by atoms with E-state index in [2.05, 4.69) is 109 Å². The third kappa shape index (κ3) is 1.94. The SMILES string of the molecule is C(c1ccccc1)=P12c3cccc4cccc(c34)P1c1cccc3cccc2c13. The summed E-state index contributed by atoms with van der Waals surface area (Å²) in [5.74, 6) is 2.67. The molecule has 29 heavy (non-hydrogen) atoms. The summed E-state index contributed by atoms with van der Waals surface area (Å²) in [6, 6.07) is 38.8. The van der Waals surface area contributed by atoms with Crippen LogP contribution < -0.4 is 21.2 Å². The Morgan fingerprint density at radius 2 is 1.03 bits per heavy atom. The van der Waals surface area contributed by atoms with Gasteiger partial charge in [-0.05, 0) is 68.3 Å². The van der Waals surface area contributed by atoms with Crippen molar-refractivity contribution in [3.63, 3.8) is 0 Å². The Kier molecular flexibility index (Phi) is 3.18. The maximum absolute atomic E-state index is 2.67. The first kappa shape index (κ1) is 16.2. The molecule has 0 aromatic heterocycles. The van der Waals surface area contributed by atoms with E-state index in [0.717, 1.165) is 0 Å². The van der Waals surface area contributed by atoms with Gasteiger partial charge in [-0.25, -0.2) is 0 Å². The molecule has 136 valence electrons. The van der Waals surface area contributed by atoms with E-state index < -0.39 is 14.2 Å². The van der Waals surface area contributed by atoms with Crippen molar-refractivity contribution < 1.29 is 0 Å². The molecule has 0 nitrogen and oxygen atoms in total. The molecule has 2 heterocycles. The Morgan fingerprint density at radius 1 is 0.517 bits per heavy atom. The number of benzene rings is 5. The van der Waals surface area contributed by atoms with Crippen LogP contribution in [0.2, 0.25) is 0 Å². The van der Waals surface area contributed by atoms with E-state index in [1.807, 2.05) is 0 Å². The highest BCUT2D eigenvalue weighted by molar-refractivity contribution is 8.50. The molecular formula is C27H18P2. The minimum Gasteiger partial charge on any atom is -0.0622 e. The molecule has 5 aromatic carbocycles. The average molecular weight is 404 g/mol. The van der Waals surface area contributed by atoms with Gasteiger partial charge in [-0.3, -0.25) is 0 Å². The molecule has 0 fully saturated rings. The van der Waals surface area contributed by atoms with Crippen molar-refractivity contribution in [2.45, 2.75) is 0 Å². The molecule has 0 N–H and O–H groups in total. The largest absolute Gasteiger partial charge is 0.0622 e. The normalized spacial score (nSPS) is 20.9. The van der Waals surface area contributed by atoms with Crippen LogP contribution in [0, 0.1) is 0 Å². The van der Waals surface area contributed by atoms with Crippen LogP contribution in [0.1, 0.15) is 5.56 Å². The zero-order valence-electron chi connectivity index (χ0n) is 15.8. The fourth-order valence-corrected chi connectivity index (χ4v) is 17.4. The van der Waals surface area contributed by atoms with Crippen molar-refractivity contribution in [3.8, 4) is 0 Å². The second kappa shape index (κ2) is 5.70. The van der Waals surface area contributed by atoms with Crippen LogP contribution in [0.4, 0.5) is 0 Å². The Morgan fingerprint density at radius 3 is 1.59 bits per heavy atom. The highest BCUT2D eigenvalue weighted by atomic mass is 32.1. The Bertz CT molecular complexity index is 1410. The van der Waals surface area contributed by atoms with Gasteiger partial charge in [0.05, 0.1) is 0 Å². The van der Waals surface area contributed by atoms with E-state index in [-0.39, 0.29) is 0 Å². The van der Waals surface area contributed by atoms with Crippen LogP contribution in [0.3, 0.4) is 0 Å². The number of rotatable bonds is 1. The first-order valence-corrected chi connectivity index (χ1v) is 13.9. The van der Waals surface area contributed by atoms with Gasteiger partial charge in [-0.15, -0.1) is 0 Å². The molecule has 0 unspecified atom stereocenters. The summed E-state index contributed by atoms with van der Waals surface area (Å²) in [5, 5.41) is 12.2. The maximum Gasteiger partial charge on any atom is -0.00165 e. The standard InChI is InChI=1S/C27H18P2/c1-2-8-19(9-3-1)18-29-24-16-6-12-20-10-4-14-22(26(20)24)28(29)23-15-5-11-21-13-7-17-25(29)27(21)23/h1-18H. The number of fused-ring (bicyclic) bond motifs is 5. The topological polar surface area (TPSA) is 0 Å². The summed E-state index contributed by atoms with van der Waals surface area (Å²) in [6.07, 6.45) is 0. The highest BCUT2D eigenvalue weighted by Crippen LogP contribution is 2.80. The summed E-state index contributed by atoms with van der Waals surface area (Å²) in [4.78, 5) is 0. The van der Waals surface area contributed by atoms with Crippen LogP contribution >= 0.6 is 14.2 Å². The summed E-state index contributed by atoms with van der Waals surface area (Å²) < 4.78 is 0. The van der Waals surface area contributed by atoms with Crippen LogP contribution in [-0.2, 0) is 0 Å². The van der Waals surface area contributed by atoms with E-state index in [1.165, 1.54) is 27.1 Å². The smallest absolute Gasteiger partial charge is 0.00165 e. The summed E-state index contributed by atoms with van der Waals surface area (Å²) in [5.41, 5.74) is 1.35. The van der Waals surface area contributed by atoms with Crippen LogP contribution in [-0.4, -0.2) is 5.80 Å². The van der Waals surface area contributed by atoms with Gasteiger partial charge < -0.3 is 0 Å². The molecule has 0 radical (unpaired) electrons. The fraction of sp³-hybridized carbons (Fsp3) is 0. The molecule has 0 bridgehead atoms. The van der Waals surface area contributed by atoms with Crippen LogP contribution in [0.15, 0.2) is 103 Å². The third-order valence-corrected chi connectivity index (χ3v) is 16.4. The molecule has 0 spiro atoms. The third-order valence-electron chi connectivity index (χ3n) is 6.36.